The third-order valence-corrected chi connectivity index (χ3v) is 5.05. The molecule has 3 N–H and O–H groups in total. The van der Waals surface area contributed by atoms with Crippen molar-refractivity contribution in [2.45, 2.75) is 52.2 Å². The summed E-state index contributed by atoms with van der Waals surface area (Å²) >= 11 is 0. The van der Waals surface area contributed by atoms with E-state index in [1.54, 1.807) is 0 Å². The van der Waals surface area contributed by atoms with Gasteiger partial charge in [-0.05, 0) is 50.0 Å². The lowest BCUT2D eigenvalue weighted by molar-refractivity contribution is 0.125. The Morgan fingerprint density at radius 3 is 2.59 bits per heavy atom. The normalized spacial score (nSPS) is 39.7. The van der Waals surface area contributed by atoms with Crippen molar-refractivity contribution in [1.29, 1.82) is 0 Å². The largest absolute Gasteiger partial charge is 0.393 e. The van der Waals surface area contributed by atoms with Crippen LogP contribution in [0.25, 0.3) is 0 Å². The second-order valence-electron chi connectivity index (χ2n) is 6.86. The van der Waals surface area contributed by atoms with Crippen molar-refractivity contribution in [2.24, 2.45) is 23.0 Å². The van der Waals surface area contributed by atoms with Gasteiger partial charge in [-0.15, -0.1) is 0 Å². The predicted molar refractivity (Wildman–Crippen MR) is 70.7 cm³/mol. The van der Waals surface area contributed by atoms with E-state index in [4.69, 9.17) is 5.73 Å². The van der Waals surface area contributed by atoms with Crippen molar-refractivity contribution in [2.75, 3.05) is 19.6 Å². The van der Waals surface area contributed by atoms with Gasteiger partial charge in [0, 0.05) is 19.1 Å². The molecule has 2 rings (SSSR count). The molecule has 0 aromatic rings. The molecule has 17 heavy (non-hydrogen) atoms. The van der Waals surface area contributed by atoms with E-state index < -0.39 is 0 Å². The monoisotopic (exact) mass is 240 g/mol. The number of nitrogens with two attached hydrogens (primary N) is 1. The maximum absolute atomic E-state index is 9.61. The Hall–Kier alpha value is -0.120. The Morgan fingerprint density at radius 2 is 2.12 bits per heavy atom. The average molecular weight is 240 g/mol. The predicted octanol–water partition coefficient (Wildman–Crippen LogP) is 1.45. The van der Waals surface area contributed by atoms with Crippen LogP contribution in [-0.4, -0.2) is 41.8 Å². The van der Waals surface area contributed by atoms with Crippen LogP contribution in [0.1, 0.15) is 40.0 Å². The minimum atomic E-state index is -0.159. The highest BCUT2D eigenvalue weighted by atomic mass is 16.3. The smallest absolute Gasteiger partial charge is 0.0552 e. The van der Waals surface area contributed by atoms with Gasteiger partial charge in [-0.2, -0.15) is 0 Å². The summed E-state index contributed by atoms with van der Waals surface area (Å²) in [6.07, 6.45) is 3.51. The molecule has 0 spiro atoms. The molecule has 4 unspecified atom stereocenters. The van der Waals surface area contributed by atoms with E-state index in [1.165, 1.54) is 12.8 Å². The SMILES string of the molecule is CC(O)C1CCN(CC2CCC(C)(C)C2N)C1. The molecular formula is C14H28N2O. The highest BCUT2D eigenvalue weighted by Crippen LogP contribution is 2.40. The van der Waals surface area contributed by atoms with Gasteiger partial charge in [-0.3, -0.25) is 0 Å². The first kappa shape index (κ1) is 13.3. The van der Waals surface area contributed by atoms with Crippen LogP contribution in [0.3, 0.4) is 0 Å². The summed E-state index contributed by atoms with van der Waals surface area (Å²) < 4.78 is 0. The maximum Gasteiger partial charge on any atom is 0.0552 e. The molecule has 3 heteroatoms. The van der Waals surface area contributed by atoms with Gasteiger partial charge < -0.3 is 15.7 Å². The number of aliphatic hydroxyl groups is 1. The van der Waals surface area contributed by atoms with E-state index in [0.29, 0.717) is 23.3 Å². The van der Waals surface area contributed by atoms with Crippen molar-refractivity contribution in [1.82, 2.24) is 4.90 Å². The van der Waals surface area contributed by atoms with Gasteiger partial charge >= 0.3 is 0 Å². The van der Waals surface area contributed by atoms with Crippen molar-refractivity contribution in [3.63, 3.8) is 0 Å². The van der Waals surface area contributed by atoms with E-state index in [-0.39, 0.29) is 6.10 Å². The van der Waals surface area contributed by atoms with Gasteiger partial charge in [0.25, 0.3) is 0 Å². The van der Waals surface area contributed by atoms with Crippen molar-refractivity contribution in [3.05, 3.63) is 0 Å². The van der Waals surface area contributed by atoms with Gasteiger partial charge in [-0.25, -0.2) is 0 Å². The van der Waals surface area contributed by atoms with Crippen molar-refractivity contribution in [3.8, 4) is 0 Å². The average Bonchev–Trinajstić information content (AvgIpc) is 2.79. The first-order valence-corrected chi connectivity index (χ1v) is 7.06. The fourth-order valence-electron chi connectivity index (χ4n) is 3.50. The first-order chi connectivity index (χ1) is 7.90. The molecule has 0 bridgehead atoms. The van der Waals surface area contributed by atoms with Crippen LogP contribution in [0.15, 0.2) is 0 Å². The summed E-state index contributed by atoms with van der Waals surface area (Å²) in [6, 6.07) is 0.341. The number of nitrogens with zero attached hydrogens (tertiary/aromatic N) is 1. The third kappa shape index (κ3) is 2.83. The van der Waals surface area contributed by atoms with E-state index in [2.05, 4.69) is 18.7 Å². The molecule has 0 aromatic heterocycles. The quantitative estimate of drug-likeness (QED) is 0.785. The van der Waals surface area contributed by atoms with E-state index in [0.717, 1.165) is 26.1 Å². The number of rotatable bonds is 3. The van der Waals surface area contributed by atoms with Crippen LogP contribution in [0.5, 0.6) is 0 Å². The van der Waals surface area contributed by atoms with Crippen LogP contribution in [0, 0.1) is 17.3 Å². The lowest BCUT2D eigenvalue weighted by Gasteiger charge is -2.29. The summed E-state index contributed by atoms with van der Waals surface area (Å²) in [6.45, 7) is 9.83. The number of hydrogen-bond donors (Lipinski definition) is 2. The second kappa shape index (κ2) is 4.87. The zero-order valence-electron chi connectivity index (χ0n) is 11.5. The Bertz CT molecular complexity index is 265. The summed E-state index contributed by atoms with van der Waals surface area (Å²) in [5.41, 5.74) is 6.67. The van der Waals surface area contributed by atoms with E-state index in [9.17, 15) is 5.11 Å². The van der Waals surface area contributed by atoms with Crippen LogP contribution in [0.4, 0.5) is 0 Å². The molecule has 100 valence electrons. The summed E-state index contributed by atoms with van der Waals surface area (Å²) in [7, 11) is 0. The van der Waals surface area contributed by atoms with Gasteiger partial charge in [-0.1, -0.05) is 13.8 Å². The molecule has 0 radical (unpaired) electrons. The van der Waals surface area contributed by atoms with Gasteiger partial charge in [0.15, 0.2) is 0 Å². The Morgan fingerprint density at radius 1 is 1.41 bits per heavy atom. The minimum Gasteiger partial charge on any atom is -0.393 e. The summed E-state index contributed by atoms with van der Waals surface area (Å²) in [5, 5.41) is 9.61. The van der Waals surface area contributed by atoms with E-state index >= 15 is 0 Å². The molecule has 0 amide bonds. The van der Waals surface area contributed by atoms with Crippen LogP contribution >= 0.6 is 0 Å². The lowest BCUT2D eigenvalue weighted by atomic mass is 9.85. The Balaban J connectivity index is 1.83. The molecule has 1 aliphatic carbocycles. The van der Waals surface area contributed by atoms with Crippen LogP contribution < -0.4 is 5.73 Å². The molecule has 2 aliphatic rings. The highest BCUT2D eigenvalue weighted by molar-refractivity contribution is 4.96. The molecule has 2 fully saturated rings. The Labute approximate surface area is 105 Å². The first-order valence-electron chi connectivity index (χ1n) is 7.06. The number of likely N-dealkylation sites (tertiary alicyclic amines) is 1. The second-order valence-corrected chi connectivity index (χ2v) is 6.86. The number of aliphatic hydroxyl groups excluding tert-OH is 1. The Kier molecular flexibility index (Phi) is 3.81. The molecule has 3 nitrogen and oxygen atoms in total. The zero-order valence-corrected chi connectivity index (χ0v) is 11.5. The highest BCUT2D eigenvalue weighted by Gasteiger charge is 2.40. The topological polar surface area (TPSA) is 49.5 Å². The molecule has 4 atom stereocenters. The van der Waals surface area contributed by atoms with Crippen molar-refractivity contribution < 1.29 is 5.11 Å². The summed E-state index contributed by atoms with van der Waals surface area (Å²) in [5.74, 6) is 1.12. The number of hydrogen-bond acceptors (Lipinski definition) is 3. The molecule has 0 aromatic carbocycles. The molecule has 1 aliphatic heterocycles. The fourth-order valence-corrected chi connectivity index (χ4v) is 3.50. The third-order valence-electron chi connectivity index (χ3n) is 5.05. The summed E-state index contributed by atoms with van der Waals surface area (Å²) in [4.78, 5) is 2.50. The van der Waals surface area contributed by atoms with Gasteiger partial charge in [0.1, 0.15) is 0 Å². The molecule has 1 heterocycles. The molecular weight excluding hydrogens is 212 g/mol. The maximum atomic E-state index is 9.61. The lowest BCUT2D eigenvalue weighted by Crippen LogP contribution is -2.41. The molecule has 1 saturated heterocycles. The van der Waals surface area contributed by atoms with Gasteiger partial charge in [0.05, 0.1) is 6.10 Å². The van der Waals surface area contributed by atoms with Crippen molar-refractivity contribution >= 4 is 0 Å². The van der Waals surface area contributed by atoms with Crippen LogP contribution in [0.2, 0.25) is 0 Å². The van der Waals surface area contributed by atoms with E-state index in [1.807, 2.05) is 6.92 Å². The van der Waals surface area contributed by atoms with Crippen LogP contribution in [-0.2, 0) is 0 Å². The standard InChI is InChI=1S/C14H28N2O/c1-10(17)11-5-7-16(8-11)9-12-4-6-14(2,3)13(12)15/h10-13,17H,4-9,15H2,1-3H3. The molecule has 1 saturated carbocycles. The fraction of sp³-hybridized carbons (Fsp3) is 1.00. The van der Waals surface area contributed by atoms with Gasteiger partial charge in [0.2, 0.25) is 0 Å². The zero-order chi connectivity index (χ0) is 12.6. The minimum absolute atomic E-state index is 0.159.